The molecule has 0 aliphatic carbocycles. The van der Waals surface area contributed by atoms with Crippen molar-refractivity contribution in [3.63, 3.8) is 0 Å². The highest BCUT2D eigenvalue weighted by Crippen LogP contribution is 2.37. The summed E-state index contributed by atoms with van der Waals surface area (Å²) in [6.45, 7) is 26.3. The zero-order valence-corrected chi connectivity index (χ0v) is 44.1. The normalized spacial score (nSPS) is 12.2. The molecule has 12 aromatic rings. The number of hydrogen-bond donors (Lipinski definition) is 0. The molecule has 5 nitrogen and oxygen atoms in total. The van der Waals surface area contributed by atoms with Crippen molar-refractivity contribution in [1.82, 2.24) is 24.9 Å². The van der Waals surface area contributed by atoms with Crippen LogP contribution in [0.1, 0.15) is 106 Å². The summed E-state index contributed by atoms with van der Waals surface area (Å²) >= 11 is 0. The molecule has 0 saturated carbocycles. The van der Waals surface area contributed by atoms with Crippen molar-refractivity contribution in [3.8, 4) is 0 Å². The lowest BCUT2D eigenvalue weighted by atomic mass is 9.90. The molecule has 0 aliphatic heterocycles. The van der Waals surface area contributed by atoms with Crippen LogP contribution in [0.15, 0.2) is 188 Å². The smallest absolute Gasteiger partial charge is 0.0974 e. The molecule has 0 fully saturated rings. The molecule has 5 aromatic heterocycles. The molecule has 0 radical (unpaired) electrons. The van der Waals surface area contributed by atoms with E-state index in [0.717, 1.165) is 50.4 Å². The first-order chi connectivity index (χ1) is 34.3. The summed E-state index contributed by atoms with van der Waals surface area (Å²) in [6.07, 6.45) is 1.85. The zero-order valence-electron chi connectivity index (χ0n) is 44.1. The third kappa shape index (κ3) is 10.4. The molecule has 0 spiro atoms. The molecule has 0 bridgehead atoms. The van der Waals surface area contributed by atoms with Crippen LogP contribution in [0.25, 0.3) is 86.8 Å². The van der Waals surface area contributed by atoms with Gasteiger partial charge in [-0.3, -0.25) is 19.9 Å². The van der Waals surface area contributed by atoms with Gasteiger partial charge in [-0.25, -0.2) is 4.98 Å². The summed E-state index contributed by atoms with van der Waals surface area (Å²) in [7, 11) is 0. The zero-order chi connectivity index (χ0) is 51.0. The summed E-state index contributed by atoms with van der Waals surface area (Å²) in [5.41, 5.74) is 10.1. The summed E-state index contributed by atoms with van der Waals surface area (Å²) in [5, 5.41) is 13.6. The maximum Gasteiger partial charge on any atom is 0.0974 e. The van der Waals surface area contributed by atoms with Gasteiger partial charge in [-0.1, -0.05) is 223 Å². The Bertz CT molecular complexity index is 3590. The topological polar surface area (TPSA) is 64.5 Å². The monoisotopic (exact) mass is 942 g/mol. The minimum Gasteiger partial charge on any atom is -0.254 e. The molecule has 0 N–H and O–H groups in total. The fraction of sp³-hybridized carbons (Fsp3) is 0.239. The van der Waals surface area contributed by atoms with Gasteiger partial charge in [0.25, 0.3) is 0 Å². The maximum atomic E-state index is 5.02. The van der Waals surface area contributed by atoms with E-state index in [1.165, 1.54) is 59.2 Å². The number of pyridine rings is 5. The van der Waals surface area contributed by atoms with Crippen LogP contribution >= 0.6 is 0 Å². The predicted octanol–water partition coefficient (Wildman–Crippen LogP) is 18.1. The number of hydrogen-bond acceptors (Lipinski definition) is 5. The van der Waals surface area contributed by atoms with Crippen molar-refractivity contribution in [2.45, 2.75) is 105 Å². The first-order valence-corrected chi connectivity index (χ1v) is 25.3. The number of benzene rings is 7. The molecular formula is C67H67N5. The van der Waals surface area contributed by atoms with Gasteiger partial charge in [-0.15, -0.1) is 0 Å². The van der Waals surface area contributed by atoms with E-state index in [4.69, 9.17) is 9.97 Å². The molecule has 0 atom stereocenters. The number of nitrogens with zero attached hydrogens (tertiary/aromatic N) is 5. The molecule has 5 heterocycles. The summed E-state index contributed by atoms with van der Waals surface area (Å²) in [4.78, 5) is 23.9. The van der Waals surface area contributed by atoms with Gasteiger partial charge < -0.3 is 0 Å². The number of rotatable bonds is 0. The molecule has 0 amide bonds. The molecule has 0 unspecified atom stereocenters. The van der Waals surface area contributed by atoms with Gasteiger partial charge in [0.1, 0.15) is 0 Å². The summed E-state index contributed by atoms with van der Waals surface area (Å²) < 4.78 is 0. The van der Waals surface area contributed by atoms with Crippen LogP contribution in [0, 0.1) is 0 Å². The fourth-order valence-corrected chi connectivity index (χ4v) is 9.18. The summed E-state index contributed by atoms with van der Waals surface area (Å²) in [5.74, 6) is 0. The van der Waals surface area contributed by atoms with Crippen molar-refractivity contribution < 1.29 is 0 Å². The lowest BCUT2D eigenvalue weighted by Gasteiger charge is -2.19. The number of aromatic nitrogens is 5. The molecular weight excluding hydrogens is 875 g/mol. The Kier molecular flexibility index (Phi) is 13.4. The molecule has 5 heteroatoms. The van der Waals surface area contributed by atoms with Crippen LogP contribution in [-0.2, 0) is 21.7 Å². The van der Waals surface area contributed by atoms with E-state index >= 15 is 0 Å². The Hall–Kier alpha value is -7.63. The lowest BCUT2D eigenvalue weighted by Crippen LogP contribution is -2.13. The first-order valence-electron chi connectivity index (χ1n) is 25.3. The highest BCUT2D eigenvalue weighted by Gasteiger charge is 2.20. The van der Waals surface area contributed by atoms with Gasteiger partial charge in [0.2, 0.25) is 0 Å². The molecule has 12 rings (SSSR count). The van der Waals surface area contributed by atoms with Gasteiger partial charge in [0.05, 0.1) is 27.6 Å². The van der Waals surface area contributed by atoms with E-state index in [9.17, 15) is 0 Å². The van der Waals surface area contributed by atoms with E-state index in [-0.39, 0.29) is 21.7 Å². The fourth-order valence-electron chi connectivity index (χ4n) is 9.18. The molecule has 72 heavy (non-hydrogen) atoms. The van der Waals surface area contributed by atoms with Gasteiger partial charge >= 0.3 is 0 Å². The van der Waals surface area contributed by atoms with Crippen molar-refractivity contribution in [1.29, 1.82) is 0 Å². The van der Waals surface area contributed by atoms with Gasteiger partial charge in [-0.05, 0) is 69.4 Å². The SMILES string of the molecule is CC(C)(C)c1ccc2c3ccccc3c3ccccc3c2n1.CC(C)(C)c1ccc2c3ccccc3c3cccnc3c2n1.CC(C)(C)c1ccc2ccccc2n1.CC(C)(C)c1ccc2ccccc2n1. The van der Waals surface area contributed by atoms with E-state index < -0.39 is 0 Å². The molecule has 7 aromatic carbocycles. The van der Waals surface area contributed by atoms with E-state index in [1.54, 1.807) is 0 Å². The van der Waals surface area contributed by atoms with E-state index in [1.807, 2.05) is 36.5 Å². The second-order valence-corrected chi connectivity index (χ2v) is 23.0. The number of fused-ring (bicyclic) bond motifs is 14. The second-order valence-electron chi connectivity index (χ2n) is 23.0. The predicted molar refractivity (Wildman–Crippen MR) is 310 cm³/mol. The van der Waals surface area contributed by atoms with Gasteiger partial charge in [0, 0.05) is 82.9 Å². The average molecular weight is 942 g/mol. The standard InChI is InChI=1S/C21H19N.C20H18N2.2C13H15N/c1-21(2,3)19-13-12-18-16-10-5-4-8-14(16)15-9-6-7-11-17(15)20(18)22-19;1-20(2,3)17-11-10-16-14-8-5-4-7-13(14)15-9-6-12-21-18(15)19(16)22-17;2*1-13(2,3)12-9-8-10-6-4-5-7-11(10)14-12/h4-13H,1-3H3;4-12H,1-3H3;2*4-9H,1-3H3. The molecule has 360 valence electrons. The van der Waals surface area contributed by atoms with E-state index in [2.05, 4.69) is 250 Å². The van der Waals surface area contributed by atoms with E-state index in [0.29, 0.717) is 0 Å². The van der Waals surface area contributed by atoms with Crippen LogP contribution in [0.2, 0.25) is 0 Å². The van der Waals surface area contributed by atoms with Crippen molar-refractivity contribution in [3.05, 3.63) is 211 Å². The third-order valence-corrected chi connectivity index (χ3v) is 13.3. The van der Waals surface area contributed by atoms with Crippen molar-refractivity contribution in [2.75, 3.05) is 0 Å². The van der Waals surface area contributed by atoms with Crippen molar-refractivity contribution in [2.24, 2.45) is 0 Å². The quantitative estimate of drug-likeness (QED) is 0.142. The minimum absolute atomic E-state index is 0.0287. The third-order valence-electron chi connectivity index (χ3n) is 13.3. The lowest BCUT2D eigenvalue weighted by molar-refractivity contribution is 0.571. The maximum absolute atomic E-state index is 5.02. The summed E-state index contributed by atoms with van der Waals surface area (Å²) in [6, 6.07) is 63.5. The second kappa shape index (κ2) is 19.5. The molecule has 0 aliphatic rings. The van der Waals surface area contributed by atoms with Crippen LogP contribution in [0.4, 0.5) is 0 Å². The highest BCUT2D eigenvalue weighted by atomic mass is 14.8. The van der Waals surface area contributed by atoms with Crippen LogP contribution in [0.3, 0.4) is 0 Å². The highest BCUT2D eigenvalue weighted by molar-refractivity contribution is 6.24. The number of para-hydroxylation sites is 2. The van der Waals surface area contributed by atoms with Crippen molar-refractivity contribution >= 4 is 86.8 Å². The van der Waals surface area contributed by atoms with Gasteiger partial charge in [-0.2, -0.15) is 0 Å². The Morgan fingerprint density at radius 3 is 0.958 bits per heavy atom. The first kappa shape index (κ1) is 49.4. The Morgan fingerprint density at radius 2 is 0.528 bits per heavy atom. The van der Waals surface area contributed by atoms with Crippen LogP contribution < -0.4 is 0 Å². The molecule has 0 saturated heterocycles. The van der Waals surface area contributed by atoms with Crippen LogP contribution in [-0.4, -0.2) is 24.9 Å². The van der Waals surface area contributed by atoms with Crippen LogP contribution in [0.5, 0.6) is 0 Å². The Labute approximate surface area is 425 Å². The largest absolute Gasteiger partial charge is 0.254 e. The van der Waals surface area contributed by atoms with Gasteiger partial charge in [0.15, 0.2) is 0 Å². The minimum atomic E-state index is 0.0287. The Morgan fingerprint density at radius 1 is 0.236 bits per heavy atom. The average Bonchev–Trinajstić information content (AvgIpc) is 3.38. The Balaban J connectivity index is 0.000000121.